The van der Waals surface area contributed by atoms with Crippen molar-refractivity contribution >= 4 is 61.9 Å². The summed E-state index contributed by atoms with van der Waals surface area (Å²) in [7, 11) is 1.58. The molecule has 0 fully saturated rings. The lowest BCUT2D eigenvalue weighted by Gasteiger charge is -2.13. The molecule has 9 nitrogen and oxygen atoms in total. The second kappa shape index (κ2) is 10.8. The number of halogens is 1. The summed E-state index contributed by atoms with van der Waals surface area (Å²) < 4.78 is 8.44. The van der Waals surface area contributed by atoms with Gasteiger partial charge in [-0.15, -0.1) is 11.3 Å². The van der Waals surface area contributed by atoms with Gasteiger partial charge in [-0.3, -0.25) is 19.4 Å². The third-order valence-electron chi connectivity index (χ3n) is 6.28. The predicted molar refractivity (Wildman–Crippen MR) is 159 cm³/mol. The molecule has 40 heavy (non-hydrogen) atoms. The molecule has 5 aromatic heterocycles. The summed E-state index contributed by atoms with van der Waals surface area (Å²) in [4.78, 5) is 37.1. The van der Waals surface area contributed by atoms with Crippen molar-refractivity contribution in [3.8, 4) is 21.1 Å². The van der Waals surface area contributed by atoms with E-state index >= 15 is 0 Å². The van der Waals surface area contributed by atoms with Crippen molar-refractivity contribution in [1.29, 1.82) is 5.41 Å². The molecule has 6 rings (SSSR count). The lowest BCUT2D eigenvalue weighted by molar-refractivity contribution is 0.102. The minimum atomic E-state index is -0.307. The van der Waals surface area contributed by atoms with Crippen LogP contribution in [0.4, 0.5) is 5.00 Å². The normalized spacial score (nSPS) is 11.3. The van der Waals surface area contributed by atoms with Crippen LogP contribution >= 0.6 is 34.3 Å². The van der Waals surface area contributed by atoms with Crippen LogP contribution < -0.4 is 16.4 Å². The summed E-state index contributed by atoms with van der Waals surface area (Å²) >= 11 is 8.73. The zero-order valence-electron chi connectivity index (χ0n) is 21.1. The molecule has 0 aliphatic heterocycles. The smallest absolute Gasteiger partial charge is 0.267 e. The standard InChI is InChI=1S/C28H21ClN6O3S2/c1-38-13-12-35-23(30)18(15-19-24(35)31-21-6-2-3-11-34(21)28(19)37)26-32-22(20-5-4-14-39-20)27(40-26)33-25(36)16-7-9-17(29)10-8-16/h2-11,14-15,30H,12-13H2,1H3,(H,33,36). The van der Waals surface area contributed by atoms with Crippen LogP contribution in [0.1, 0.15) is 10.4 Å². The molecule has 0 aliphatic rings. The summed E-state index contributed by atoms with van der Waals surface area (Å²) in [5.41, 5.74) is 2.26. The van der Waals surface area contributed by atoms with E-state index in [-0.39, 0.29) is 17.0 Å². The summed E-state index contributed by atoms with van der Waals surface area (Å²) in [6, 6.07) is 17.4. The molecule has 200 valence electrons. The Kier molecular flexibility index (Phi) is 7.03. The highest BCUT2D eigenvalue weighted by Gasteiger charge is 2.21. The summed E-state index contributed by atoms with van der Waals surface area (Å²) in [5, 5.41) is 15.9. The quantitative estimate of drug-likeness (QED) is 0.238. The van der Waals surface area contributed by atoms with Gasteiger partial charge in [0.05, 0.1) is 22.4 Å². The number of thiophene rings is 1. The summed E-state index contributed by atoms with van der Waals surface area (Å²) in [6.45, 7) is 0.643. The highest BCUT2D eigenvalue weighted by Crippen LogP contribution is 2.39. The predicted octanol–water partition coefficient (Wildman–Crippen LogP) is 5.53. The summed E-state index contributed by atoms with van der Waals surface area (Å²) in [5.74, 6) is -0.307. The number of anilines is 1. The van der Waals surface area contributed by atoms with E-state index in [1.54, 1.807) is 60.3 Å². The molecule has 0 saturated heterocycles. The molecule has 0 unspecified atom stereocenters. The van der Waals surface area contributed by atoms with Crippen molar-refractivity contribution in [2.75, 3.05) is 19.0 Å². The van der Waals surface area contributed by atoms with Gasteiger partial charge in [-0.25, -0.2) is 9.97 Å². The van der Waals surface area contributed by atoms with Gasteiger partial charge in [0.2, 0.25) is 0 Å². The molecule has 12 heteroatoms. The van der Waals surface area contributed by atoms with Gasteiger partial charge < -0.3 is 14.6 Å². The maximum Gasteiger partial charge on any atom is 0.267 e. The zero-order chi connectivity index (χ0) is 27.8. The Morgan fingerprint density at radius 3 is 2.70 bits per heavy atom. The number of nitrogens with zero attached hydrogens (tertiary/aromatic N) is 4. The number of rotatable bonds is 7. The number of amides is 1. The number of hydrogen-bond acceptors (Lipinski definition) is 8. The Hall–Kier alpha value is -4.16. The first-order valence-electron chi connectivity index (χ1n) is 12.1. The molecule has 5 heterocycles. The largest absolute Gasteiger partial charge is 0.383 e. The molecule has 2 N–H and O–H groups in total. The lowest BCUT2D eigenvalue weighted by Crippen LogP contribution is -2.28. The molecule has 0 saturated carbocycles. The van der Waals surface area contributed by atoms with Crippen LogP contribution in [0.3, 0.4) is 0 Å². The Bertz CT molecular complexity index is 2000. The topological polar surface area (TPSA) is 114 Å². The SMILES string of the molecule is COCCn1c(=N)c(-c2nc(-c3cccs3)c(NC(=O)c3ccc(Cl)cc3)s2)cc2c(=O)n3ccccc3nc21. The highest BCUT2D eigenvalue weighted by atomic mass is 35.5. The van der Waals surface area contributed by atoms with Gasteiger partial charge in [-0.2, -0.15) is 0 Å². The average Bonchev–Trinajstić information content (AvgIpc) is 3.63. The average molecular weight is 589 g/mol. The van der Waals surface area contributed by atoms with Crippen molar-refractivity contribution in [2.45, 2.75) is 6.54 Å². The maximum atomic E-state index is 13.5. The Morgan fingerprint density at radius 2 is 1.95 bits per heavy atom. The van der Waals surface area contributed by atoms with E-state index < -0.39 is 0 Å². The Morgan fingerprint density at radius 1 is 1.12 bits per heavy atom. The number of fused-ring (bicyclic) bond motifs is 2. The number of carbonyl (C=O) groups is 1. The maximum absolute atomic E-state index is 13.5. The molecule has 0 bridgehead atoms. The fraction of sp³-hybridized carbons (Fsp3) is 0.107. The van der Waals surface area contributed by atoms with Gasteiger partial charge in [-0.05, 0) is 53.9 Å². The van der Waals surface area contributed by atoms with Crippen LogP contribution in [0, 0.1) is 5.41 Å². The van der Waals surface area contributed by atoms with E-state index in [0.29, 0.717) is 61.7 Å². The van der Waals surface area contributed by atoms with Crippen molar-refractivity contribution in [1.82, 2.24) is 18.9 Å². The third kappa shape index (κ3) is 4.73. The second-order valence-electron chi connectivity index (χ2n) is 8.77. The fourth-order valence-corrected chi connectivity index (χ4v) is 6.23. The van der Waals surface area contributed by atoms with Crippen molar-refractivity contribution in [3.63, 3.8) is 0 Å². The number of thiazole rings is 1. The third-order valence-corrected chi connectivity index (χ3v) is 8.42. The first-order valence-corrected chi connectivity index (χ1v) is 14.2. The van der Waals surface area contributed by atoms with Crippen LogP contribution in [-0.4, -0.2) is 38.6 Å². The zero-order valence-corrected chi connectivity index (χ0v) is 23.4. The van der Waals surface area contributed by atoms with Gasteiger partial charge in [0, 0.05) is 30.4 Å². The van der Waals surface area contributed by atoms with E-state index in [0.717, 1.165) is 4.88 Å². The molecular weight excluding hydrogens is 568 g/mol. The number of methoxy groups -OCH3 is 1. The van der Waals surface area contributed by atoms with E-state index in [9.17, 15) is 9.59 Å². The second-order valence-corrected chi connectivity index (χ2v) is 11.2. The molecule has 0 radical (unpaired) electrons. The minimum Gasteiger partial charge on any atom is -0.383 e. The molecular formula is C28H21ClN6O3S2. The van der Waals surface area contributed by atoms with Crippen LogP contribution in [-0.2, 0) is 11.3 Å². The number of benzene rings is 1. The molecule has 0 aliphatic carbocycles. The van der Waals surface area contributed by atoms with E-state index in [1.165, 1.54) is 27.1 Å². The minimum absolute atomic E-state index is 0.138. The molecule has 1 amide bonds. The van der Waals surface area contributed by atoms with Gasteiger partial charge in [0.25, 0.3) is 11.5 Å². The van der Waals surface area contributed by atoms with E-state index in [2.05, 4.69) is 5.32 Å². The van der Waals surface area contributed by atoms with Gasteiger partial charge in [-0.1, -0.05) is 35.1 Å². The van der Waals surface area contributed by atoms with Crippen LogP contribution in [0.5, 0.6) is 0 Å². The fourth-order valence-electron chi connectivity index (χ4n) is 4.33. The summed E-state index contributed by atoms with van der Waals surface area (Å²) in [6.07, 6.45) is 1.67. The number of hydrogen-bond donors (Lipinski definition) is 2. The highest BCUT2D eigenvalue weighted by molar-refractivity contribution is 7.20. The molecule has 0 spiro atoms. The monoisotopic (exact) mass is 588 g/mol. The molecule has 1 aromatic carbocycles. The number of carbonyl (C=O) groups excluding carboxylic acids is 1. The number of nitrogens with one attached hydrogen (secondary N) is 2. The molecule has 0 atom stereocenters. The van der Waals surface area contributed by atoms with Gasteiger partial charge in [0.1, 0.15) is 32.5 Å². The van der Waals surface area contributed by atoms with E-state index in [1.807, 2.05) is 23.6 Å². The van der Waals surface area contributed by atoms with Gasteiger partial charge >= 0.3 is 0 Å². The van der Waals surface area contributed by atoms with Crippen LogP contribution in [0.25, 0.3) is 37.8 Å². The van der Waals surface area contributed by atoms with Crippen molar-refractivity contribution in [2.24, 2.45) is 0 Å². The lowest BCUT2D eigenvalue weighted by atomic mass is 10.2. The first-order chi connectivity index (χ1) is 19.4. The number of aromatic nitrogens is 4. The first kappa shape index (κ1) is 26.1. The van der Waals surface area contributed by atoms with Gasteiger partial charge in [0.15, 0.2) is 0 Å². The Balaban J connectivity index is 1.54. The van der Waals surface area contributed by atoms with Crippen molar-refractivity contribution < 1.29 is 9.53 Å². The number of pyridine rings is 2. The van der Waals surface area contributed by atoms with Crippen LogP contribution in [0.15, 0.2) is 77.0 Å². The Labute approximate surface area is 240 Å². The van der Waals surface area contributed by atoms with Crippen LogP contribution in [0.2, 0.25) is 5.02 Å². The molecule has 6 aromatic rings. The number of ether oxygens (including phenoxy) is 1. The van der Waals surface area contributed by atoms with E-state index in [4.69, 9.17) is 31.7 Å². The van der Waals surface area contributed by atoms with Crippen molar-refractivity contribution in [3.05, 3.63) is 98.7 Å².